The lowest BCUT2D eigenvalue weighted by Crippen LogP contribution is -2.92. The van der Waals surface area contributed by atoms with Crippen molar-refractivity contribution in [2.45, 2.75) is 95.9 Å². The van der Waals surface area contributed by atoms with Crippen LogP contribution < -0.4 is 0 Å². The molecule has 0 nitrogen and oxygen atoms in total. The van der Waals surface area contributed by atoms with E-state index in [1.54, 1.807) is 0 Å². The highest BCUT2D eigenvalue weighted by Gasteiger charge is 2.92. The van der Waals surface area contributed by atoms with Gasteiger partial charge < -0.3 is 0 Å². The molecule has 0 amide bonds. The quantitative estimate of drug-likeness (QED) is 0.457. The fraction of sp³-hybridized carbons (Fsp3) is 1.00. The molecule has 162 valence electrons. The largest absolute Gasteiger partial charge is 0.0625 e. The molecule has 4 fully saturated rings. The molecule has 0 aliphatic heterocycles. The molecule has 11 atom stereocenters. The van der Waals surface area contributed by atoms with Crippen molar-refractivity contribution in [2.75, 3.05) is 0 Å². The van der Waals surface area contributed by atoms with Crippen LogP contribution in [-0.4, -0.2) is 0 Å². The van der Waals surface area contributed by atoms with Crippen molar-refractivity contribution in [2.24, 2.45) is 80.8 Å². The number of fused-ring (bicyclic) bond motifs is 7. The molecule has 0 radical (unpaired) electrons. The molecule has 0 saturated heterocycles. The summed E-state index contributed by atoms with van der Waals surface area (Å²) in [6.07, 6.45) is 2.92. The van der Waals surface area contributed by atoms with Gasteiger partial charge in [-0.05, 0) is 93.7 Å². The van der Waals surface area contributed by atoms with Crippen LogP contribution in [0.4, 0.5) is 0 Å². The van der Waals surface area contributed by atoms with Gasteiger partial charge in [-0.3, -0.25) is 0 Å². The minimum Gasteiger partial charge on any atom is -0.0625 e. The molecule has 0 aromatic rings. The normalized spacial score (nSPS) is 59.9. The van der Waals surface area contributed by atoms with Crippen LogP contribution in [0.3, 0.4) is 0 Å². The first-order valence-corrected chi connectivity index (χ1v) is 12.7. The van der Waals surface area contributed by atoms with E-state index in [2.05, 4.69) is 83.1 Å². The van der Waals surface area contributed by atoms with Gasteiger partial charge in [-0.25, -0.2) is 0 Å². The first-order valence-electron chi connectivity index (χ1n) is 12.7. The Morgan fingerprint density at radius 2 is 1.25 bits per heavy atom. The van der Waals surface area contributed by atoms with Gasteiger partial charge in [0.05, 0.1) is 0 Å². The van der Waals surface area contributed by atoms with Crippen LogP contribution in [0.15, 0.2) is 0 Å². The molecule has 0 heteroatoms. The highest BCUT2D eigenvalue weighted by molar-refractivity contribution is 5.39. The van der Waals surface area contributed by atoms with Crippen LogP contribution in [0.1, 0.15) is 95.9 Å². The van der Waals surface area contributed by atoms with Crippen LogP contribution in [-0.2, 0) is 0 Å². The Bertz CT molecular complexity index is 638. The zero-order valence-corrected chi connectivity index (χ0v) is 21.2. The molecule has 0 spiro atoms. The number of hydrogen-bond acceptors (Lipinski definition) is 0. The molecule has 4 aliphatic rings. The van der Waals surface area contributed by atoms with Crippen LogP contribution in [0, 0.1) is 80.8 Å². The van der Waals surface area contributed by atoms with E-state index in [0.717, 1.165) is 59.2 Å². The summed E-state index contributed by atoms with van der Waals surface area (Å²) in [7, 11) is 0. The average molecular weight is 387 g/mol. The lowest BCUT2D eigenvalue weighted by Gasteiger charge is -2.96. The van der Waals surface area contributed by atoms with Crippen LogP contribution in [0.5, 0.6) is 0 Å². The fourth-order valence-electron chi connectivity index (χ4n) is 11.2. The summed E-state index contributed by atoms with van der Waals surface area (Å²) >= 11 is 0. The molecule has 11 unspecified atom stereocenters. The maximum Gasteiger partial charge on any atom is -0.0173 e. The molecule has 0 heterocycles. The minimum absolute atomic E-state index is 0.519. The van der Waals surface area contributed by atoms with Crippen molar-refractivity contribution < 1.29 is 0 Å². The Morgan fingerprint density at radius 3 is 1.75 bits per heavy atom. The molecule has 0 aromatic carbocycles. The molecule has 4 aliphatic carbocycles. The Hall–Kier alpha value is 0. The Balaban J connectivity index is 1.70. The second kappa shape index (κ2) is 5.82. The second-order valence-electron chi connectivity index (χ2n) is 13.9. The van der Waals surface area contributed by atoms with Gasteiger partial charge in [0, 0.05) is 0 Å². The van der Waals surface area contributed by atoms with E-state index < -0.39 is 0 Å². The van der Waals surface area contributed by atoms with Gasteiger partial charge in [0.15, 0.2) is 0 Å². The summed E-state index contributed by atoms with van der Waals surface area (Å²) in [5, 5.41) is 0. The summed E-state index contributed by atoms with van der Waals surface area (Å²) in [6, 6.07) is 0. The van der Waals surface area contributed by atoms with Crippen LogP contribution >= 0.6 is 0 Å². The Kier molecular flexibility index (Phi) is 4.42. The van der Waals surface area contributed by atoms with E-state index >= 15 is 0 Å². The predicted molar refractivity (Wildman–Crippen MR) is 122 cm³/mol. The smallest absolute Gasteiger partial charge is 0.0173 e. The lowest BCUT2D eigenvalue weighted by molar-refractivity contribution is -0.495. The highest BCUT2D eigenvalue weighted by atomic mass is 15.0. The molecule has 4 saturated carbocycles. The van der Waals surface area contributed by atoms with E-state index in [1.807, 2.05) is 0 Å². The standard InChI is InChI=1S/C28H50/c1-15(2)21(16(3)4)14-25(9)20(8)23-24-22-19(7)18(6)17(5)13-26(22,10)28(24,12)27(23,25)11/h15-24H,13-14H2,1-12H3. The van der Waals surface area contributed by atoms with Crippen molar-refractivity contribution in [3.8, 4) is 0 Å². The maximum atomic E-state index is 2.75. The number of hydrogen-bond donors (Lipinski definition) is 0. The van der Waals surface area contributed by atoms with Crippen molar-refractivity contribution in [1.29, 1.82) is 0 Å². The zero-order chi connectivity index (χ0) is 21.2. The molecule has 4 rings (SSSR count). The van der Waals surface area contributed by atoms with Crippen molar-refractivity contribution >= 4 is 0 Å². The summed E-state index contributed by atoms with van der Waals surface area (Å²) in [5.41, 5.74) is 2.21. The molecule has 0 aromatic heterocycles. The first-order chi connectivity index (χ1) is 12.7. The van der Waals surface area contributed by atoms with Gasteiger partial charge in [0.2, 0.25) is 0 Å². The summed E-state index contributed by atoms with van der Waals surface area (Å²) in [5.74, 6) is 9.06. The van der Waals surface area contributed by atoms with Gasteiger partial charge in [-0.15, -0.1) is 0 Å². The van der Waals surface area contributed by atoms with Crippen LogP contribution in [0.2, 0.25) is 0 Å². The van der Waals surface area contributed by atoms with E-state index in [-0.39, 0.29) is 0 Å². The number of rotatable bonds is 4. The fourth-order valence-corrected chi connectivity index (χ4v) is 11.2. The van der Waals surface area contributed by atoms with Gasteiger partial charge in [-0.1, -0.05) is 83.1 Å². The van der Waals surface area contributed by atoms with E-state index in [9.17, 15) is 0 Å². The van der Waals surface area contributed by atoms with Crippen molar-refractivity contribution in [3.05, 3.63) is 0 Å². The topological polar surface area (TPSA) is 0 Å². The Morgan fingerprint density at radius 1 is 0.714 bits per heavy atom. The third kappa shape index (κ3) is 1.88. The highest BCUT2D eigenvalue weighted by Crippen LogP contribution is 2.96. The van der Waals surface area contributed by atoms with Gasteiger partial charge in [0.1, 0.15) is 0 Å². The molecular formula is C28H50. The minimum atomic E-state index is 0.519. The molecule has 0 N–H and O–H groups in total. The van der Waals surface area contributed by atoms with Gasteiger partial charge in [0.25, 0.3) is 0 Å². The third-order valence-corrected chi connectivity index (χ3v) is 13.2. The van der Waals surface area contributed by atoms with Gasteiger partial charge >= 0.3 is 0 Å². The SMILES string of the molecule is CC(C)C(CC1(C)C(C)C2C3C4C(C)C(C)C(C)CC4(C)C3(C)C21C)C(C)C. The maximum absolute atomic E-state index is 2.75. The summed E-state index contributed by atoms with van der Waals surface area (Å²) < 4.78 is 0. The van der Waals surface area contributed by atoms with E-state index in [1.165, 1.54) is 12.8 Å². The summed E-state index contributed by atoms with van der Waals surface area (Å²) in [4.78, 5) is 0. The second-order valence-corrected chi connectivity index (χ2v) is 13.9. The molecular weight excluding hydrogens is 336 g/mol. The average Bonchev–Trinajstić information content (AvgIpc) is 2.61. The predicted octanol–water partition coefficient (Wildman–Crippen LogP) is 8.17. The van der Waals surface area contributed by atoms with Crippen molar-refractivity contribution in [1.82, 2.24) is 0 Å². The Labute approximate surface area is 177 Å². The third-order valence-electron chi connectivity index (χ3n) is 13.2. The zero-order valence-electron chi connectivity index (χ0n) is 21.2. The van der Waals surface area contributed by atoms with E-state index in [0.29, 0.717) is 21.7 Å². The molecule has 28 heavy (non-hydrogen) atoms. The van der Waals surface area contributed by atoms with Gasteiger partial charge in [-0.2, -0.15) is 0 Å². The van der Waals surface area contributed by atoms with E-state index in [4.69, 9.17) is 0 Å². The summed E-state index contributed by atoms with van der Waals surface area (Å²) in [6.45, 7) is 31.1. The lowest BCUT2D eigenvalue weighted by atomic mass is 9.08. The van der Waals surface area contributed by atoms with Crippen LogP contribution in [0.25, 0.3) is 0 Å². The molecule has 0 bridgehead atoms. The monoisotopic (exact) mass is 386 g/mol. The van der Waals surface area contributed by atoms with Crippen molar-refractivity contribution in [3.63, 3.8) is 0 Å². The first kappa shape index (κ1) is 21.2.